The van der Waals surface area contributed by atoms with E-state index in [-0.39, 0.29) is 11.3 Å². The molecule has 1 unspecified atom stereocenters. The van der Waals surface area contributed by atoms with Crippen molar-refractivity contribution in [2.24, 2.45) is 11.7 Å². The Morgan fingerprint density at radius 1 is 1.30 bits per heavy atom. The lowest BCUT2D eigenvalue weighted by Crippen LogP contribution is -2.43. The van der Waals surface area contributed by atoms with Crippen molar-refractivity contribution >= 4 is 5.91 Å². The Bertz CT molecular complexity index is 438. The molecular formula is C17H26N2O. The minimum absolute atomic E-state index is 0.244. The number of benzene rings is 1. The van der Waals surface area contributed by atoms with Crippen LogP contribution in [0.3, 0.4) is 0 Å². The molecule has 20 heavy (non-hydrogen) atoms. The third kappa shape index (κ3) is 3.40. The standard InChI is InChI=1S/C17H26N2O/c1-14-8-10-19(11-9-14)16(20)12-17(2,13-18)15-6-4-3-5-7-15/h3-7,14H,8-13,18H2,1-2H3. The first kappa shape index (κ1) is 15.0. The molecule has 3 heteroatoms. The molecule has 1 aliphatic rings. The van der Waals surface area contributed by atoms with Gasteiger partial charge in [-0.15, -0.1) is 0 Å². The van der Waals surface area contributed by atoms with Crippen molar-refractivity contribution in [3.8, 4) is 0 Å². The summed E-state index contributed by atoms with van der Waals surface area (Å²) in [6, 6.07) is 10.2. The number of hydrogen-bond donors (Lipinski definition) is 1. The van der Waals surface area contributed by atoms with E-state index in [1.165, 1.54) is 0 Å². The first-order valence-electron chi connectivity index (χ1n) is 7.58. The number of piperidine rings is 1. The van der Waals surface area contributed by atoms with E-state index in [1.54, 1.807) is 0 Å². The van der Waals surface area contributed by atoms with Crippen molar-refractivity contribution < 1.29 is 4.79 Å². The zero-order valence-corrected chi connectivity index (χ0v) is 12.6. The molecule has 1 saturated heterocycles. The molecule has 2 N–H and O–H groups in total. The van der Waals surface area contributed by atoms with Crippen molar-refractivity contribution in [3.63, 3.8) is 0 Å². The fraction of sp³-hybridized carbons (Fsp3) is 0.588. The van der Waals surface area contributed by atoms with Gasteiger partial charge in [-0.25, -0.2) is 0 Å². The number of likely N-dealkylation sites (tertiary alicyclic amines) is 1. The molecule has 0 spiro atoms. The number of hydrogen-bond acceptors (Lipinski definition) is 2. The van der Waals surface area contributed by atoms with Crippen molar-refractivity contribution in [2.75, 3.05) is 19.6 Å². The SMILES string of the molecule is CC1CCN(C(=O)CC(C)(CN)c2ccccc2)CC1. The maximum Gasteiger partial charge on any atom is 0.223 e. The van der Waals surface area contributed by atoms with Crippen molar-refractivity contribution in [2.45, 2.75) is 38.5 Å². The molecule has 0 radical (unpaired) electrons. The van der Waals surface area contributed by atoms with Gasteiger partial charge in [0.1, 0.15) is 0 Å². The van der Waals surface area contributed by atoms with Crippen LogP contribution in [0, 0.1) is 5.92 Å². The van der Waals surface area contributed by atoms with E-state index in [4.69, 9.17) is 5.73 Å². The predicted molar refractivity (Wildman–Crippen MR) is 82.4 cm³/mol. The maximum absolute atomic E-state index is 12.5. The maximum atomic E-state index is 12.5. The molecule has 0 aliphatic carbocycles. The van der Waals surface area contributed by atoms with Gasteiger partial charge in [-0.05, 0) is 24.3 Å². The fourth-order valence-electron chi connectivity index (χ4n) is 2.84. The summed E-state index contributed by atoms with van der Waals surface area (Å²) in [4.78, 5) is 14.5. The Morgan fingerprint density at radius 3 is 2.45 bits per heavy atom. The van der Waals surface area contributed by atoms with E-state index in [0.29, 0.717) is 13.0 Å². The number of amides is 1. The smallest absolute Gasteiger partial charge is 0.223 e. The van der Waals surface area contributed by atoms with Crippen LogP contribution in [0.2, 0.25) is 0 Å². The third-order valence-electron chi connectivity index (χ3n) is 4.60. The van der Waals surface area contributed by atoms with Gasteiger partial charge in [0.05, 0.1) is 0 Å². The van der Waals surface area contributed by atoms with Gasteiger partial charge < -0.3 is 10.6 Å². The van der Waals surface area contributed by atoms with Crippen LogP contribution < -0.4 is 5.73 Å². The molecule has 0 saturated carbocycles. The van der Waals surface area contributed by atoms with Crippen molar-refractivity contribution in [1.29, 1.82) is 0 Å². The molecule has 0 aromatic heterocycles. The van der Waals surface area contributed by atoms with Crippen LogP contribution in [0.1, 0.15) is 38.7 Å². The molecule has 0 bridgehead atoms. The Balaban J connectivity index is 2.04. The molecule has 1 amide bonds. The van der Waals surface area contributed by atoms with E-state index in [2.05, 4.69) is 26.0 Å². The lowest BCUT2D eigenvalue weighted by molar-refractivity contribution is -0.133. The van der Waals surface area contributed by atoms with Crippen LogP contribution in [0.25, 0.3) is 0 Å². The van der Waals surface area contributed by atoms with E-state index in [0.717, 1.165) is 37.4 Å². The quantitative estimate of drug-likeness (QED) is 0.917. The number of nitrogens with zero attached hydrogens (tertiary/aromatic N) is 1. The van der Waals surface area contributed by atoms with Gasteiger partial charge in [-0.2, -0.15) is 0 Å². The Hall–Kier alpha value is -1.35. The average Bonchev–Trinajstić information content (AvgIpc) is 2.48. The lowest BCUT2D eigenvalue weighted by atomic mass is 9.79. The van der Waals surface area contributed by atoms with Gasteiger partial charge in [0.15, 0.2) is 0 Å². The molecule has 1 aliphatic heterocycles. The Morgan fingerprint density at radius 2 is 1.90 bits per heavy atom. The van der Waals surface area contributed by atoms with Gasteiger partial charge in [0.2, 0.25) is 5.91 Å². The molecule has 1 aromatic rings. The summed E-state index contributed by atoms with van der Waals surface area (Å²) in [6.45, 7) is 6.64. The second kappa shape index (κ2) is 6.40. The van der Waals surface area contributed by atoms with Gasteiger partial charge in [0.25, 0.3) is 0 Å². The van der Waals surface area contributed by atoms with Gasteiger partial charge in [0, 0.05) is 31.5 Å². The van der Waals surface area contributed by atoms with Gasteiger partial charge in [-0.1, -0.05) is 44.2 Å². The first-order chi connectivity index (χ1) is 9.55. The minimum Gasteiger partial charge on any atom is -0.343 e. The topological polar surface area (TPSA) is 46.3 Å². The average molecular weight is 274 g/mol. The molecule has 3 nitrogen and oxygen atoms in total. The van der Waals surface area contributed by atoms with Gasteiger partial charge in [-0.3, -0.25) is 4.79 Å². The van der Waals surface area contributed by atoms with E-state index in [1.807, 2.05) is 23.1 Å². The van der Waals surface area contributed by atoms with Crippen LogP contribution >= 0.6 is 0 Å². The number of rotatable bonds is 4. The summed E-state index contributed by atoms with van der Waals surface area (Å²) in [7, 11) is 0. The normalized spacial score (nSPS) is 19.6. The fourth-order valence-corrected chi connectivity index (χ4v) is 2.84. The molecule has 1 fully saturated rings. The monoisotopic (exact) mass is 274 g/mol. The molecule has 2 rings (SSSR count). The van der Waals surface area contributed by atoms with Crippen LogP contribution in [-0.2, 0) is 10.2 Å². The molecule has 1 atom stereocenters. The summed E-state index contributed by atoms with van der Waals surface area (Å²) in [5.41, 5.74) is 6.86. The molecule has 1 aromatic carbocycles. The molecule has 110 valence electrons. The predicted octanol–water partition coefficient (Wildman–Crippen LogP) is 2.55. The highest BCUT2D eigenvalue weighted by atomic mass is 16.2. The number of carbonyl (C=O) groups is 1. The Labute approximate surface area is 122 Å². The lowest BCUT2D eigenvalue weighted by Gasteiger charge is -2.34. The zero-order valence-electron chi connectivity index (χ0n) is 12.6. The van der Waals surface area contributed by atoms with Crippen LogP contribution in [0.4, 0.5) is 0 Å². The second-order valence-electron chi connectivity index (χ2n) is 6.37. The summed E-state index contributed by atoms with van der Waals surface area (Å²) in [6.07, 6.45) is 2.74. The highest BCUT2D eigenvalue weighted by Gasteiger charge is 2.31. The minimum atomic E-state index is -0.262. The van der Waals surface area contributed by atoms with E-state index in [9.17, 15) is 4.79 Å². The summed E-state index contributed by atoms with van der Waals surface area (Å²) < 4.78 is 0. The summed E-state index contributed by atoms with van der Waals surface area (Å²) in [5.74, 6) is 0.989. The second-order valence-corrected chi connectivity index (χ2v) is 6.37. The van der Waals surface area contributed by atoms with Crippen LogP contribution in [0.15, 0.2) is 30.3 Å². The highest BCUT2D eigenvalue weighted by Crippen LogP contribution is 2.28. The van der Waals surface area contributed by atoms with Gasteiger partial charge >= 0.3 is 0 Å². The van der Waals surface area contributed by atoms with Crippen LogP contribution in [0.5, 0.6) is 0 Å². The van der Waals surface area contributed by atoms with Crippen molar-refractivity contribution in [3.05, 3.63) is 35.9 Å². The number of carbonyl (C=O) groups excluding carboxylic acids is 1. The zero-order chi connectivity index (χ0) is 14.6. The molecular weight excluding hydrogens is 248 g/mol. The largest absolute Gasteiger partial charge is 0.343 e. The summed E-state index contributed by atoms with van der Waals surface area (Å²) >= 11 is 0. The highest BCUT2D eigenvalue weighted by molar-refractivity contribution is 5.78. The first-order valence-corrected chi connectivity index (χ1v) is 7.58. The Kier molecular flexibility index (Phi) is 4.81. The van der Waals surface area contributed by atoms with E-state index < -0.39 is 0 Å². The summed E-state index contributed by atoms with van der Waals surface area (Å²) in [5, 5.41) is 0. The third-order valence-corrected chi connectivity index (χ3v) is 4.60. The van der Waals surface area contributed by atoms with E-state index >= 15 is 0 Å². The molecule has 1 heterocycles. The number of nitrogens with two attached hydrogens (primary N) is 1. The van der Waals surface area contributed by atoms with Crippen molar-refractivity contribution in [1.82, 2.24) is 4.90 Å². The van der Waals surface area contributed by atoms with Crippen LogP contribution in [-0.4, -0.2) is 30.4 Å².